The number of nitrogens with one attached hydrogen (secondary N) is 1. The van der Waals surface area contributed by atoms with E-state index >= 15 is 0 Å². The van der Waals surface area contributed by atoms with Crippen molar-refractivity contribution in [2.75, 3.05) is 6.54 Å². The third kappa shape index (κ3) is 4.66. The van der Waals surface area contributed by atoms with Gasteiger partial charge in [0.15, 0.2) is 0 Å². The highest BCUT2D eigenvalue weighted by atomic mass is 35.5. The number of benzene rings is 2. The third-order valence-corrected chi connectivity index (χ3v) is 3.90. The van der Waals surface area contributed by atoms with Gasteiger partial charge >= 0.3 is 0 Å². The van der Waals surface area contributed by atoms with E-state index in [2.05, 4.69) is 10.3 Å². The lowest BCUT2D eigenvalue weighted by Gasteiger charge is -2.17. The van der Waals surface area contributed by atoms with Crippen molar-refractivity contribution >= 4 is 18.3 Å². The van der Waals surface area contributed by atoms with Crippen LogP contribution in [0, 0.1) is 0 Å². The number of nitrogens with two attached hydrogens (primary N) is 1. The highest BCUT2D eigenvalue weighted by molar-refractivity contribution is 5.95. The second kappa shape index (κ2) is 8.97. The van der Waals surface area contributed by atoms with E-state index in [1.807, 2.05) is 66.7 Å². The van der Waals surface area contributed by atoms with Gasteiger partial charge < -0.3 is 11.1 Å². The molecule has 0 radical (unpaired) electrons. The van der Waals surface area contributed by atoms with Gasteiger partial charge in [-0.1, -0.05) is 42.5 Å². The first kappa shape index (κ1) is 18.6. The summed E-state index contributed by atoms with van der Waals surface area (Å²) in [6.45, 7) is 0.352. The number of hydrogen-bond donors (Lipinski definition) is 2. The molecule has 0 bridgehead atoms. The lowest BCUT2D eigenvalue weighted by Crippen LogP contribution is -2.33. The molecule has 1 amide bonds. The summed E-state index contributed by atoms with van der Waals surface area (Å²) < 4.78 is 0. The number of amides is 1. The Morgan fingerprint density at radius 3 is 2.12 bits per heavy atom. The minimum absolute atomic E-state index is 0. The predicted octanol–water partition coefficient (Wildman–Crippen LogP) is 3.60. The monoisotopic (exact) mass is 353 g/mol. The van der Waals surface area contributed by atoms with Crippen LogP contribution in [-0.2, 0) is 0 Å². The Labute approximate surface area is 153 Å². The quantitative estimate of drug-likeness (QED) is 0.736. The van der Waals surface area contributed by atoms with Crippen LogP contribution in [0.3, 0.4) is 0 Å². The summed E-state index contributed by atoms with van der Waals surface area (Å²) in [7, 11) is 0. The zero-order valence-electron chi connectivity index (χ0n) is 13.6. The molecule has 0 spiro atoms. The highest BCUT2D eigenvalue weighted by Crippen LogP contribution is 2.19. The fourth-order valence-corrected chi connectivity index (χ4v) is 2.56. The van der Waals surface area contributed by atoms with Crippen molar-refractivity contribution in [2.45, 2.75) is 6.04 Å². The number of aromatic nitrogens is 1. The molecule has 3 N–H and O–H groups in total. The molecular formula is C20H20ClN3O. The lowest BCUT2D eigenvalue weighted by molar-refractivity contribution is 0.0938. The summed E-state index contributed by atoms with van der Waals surface area (Å²) >= 11 is 0. The fraction of sp³-hybridized carbons (Fsp3) is 0.100. The molecule has 3 aromatic rings. The van der Waals surface area contributed by atoms with E-state index in [9.17, 15) is 4.79 Å². The maximum absolute atomic E-state index is 12.5. The summed E-state index contributed by atoms with van der Waals surface area (Å²) in [5, 5.41) is 2.98. The fourth-order valence-electron chi connectivity index (χ4n) is 2.56. The number of halogens is 1. The maximum Gasteiger partial charge on any atom is 0.251 e. The second-order valence-corrected chi connectivity index (χ2v) is 5.49. The maximum atomic E-state index is 12.5. The first-order valence-corrected chi connectivity index (χ1v) is 7.84. The molecular weight excluding hydrogens is 334 g/mol. The van der Waals surface area contributed by atoms with E-state index in [-0.39, 0.29) is 24.4 Å². The van der Waals surface area contributed by atoms with Crippen molar-refractivity contribution < 1.29 is 4.79 Å². The van der Waals surface area contributed by atoms with Crippen LogP contribution in [0.25, 0.3) is 11.1 Å². The highest BCUT2D eigenvalue weighted by Gasteiger charge is 2.14. The average Bonchev–Trinajstić information content (AvgIpc) is 2.67. The number of rotatable bonds is 5. The van der Waals surface area contributed by atoms with Gasteiger partial charge in [0.25, 0.3) is 5.91 Å². The smallest absolute Gasteiger partial charge is 0.251 e. The number of carbonyl (C=O) groups is 1. The van der Waals surface area contributed by atoms with Gasteiger partial charge in [0, 0.05) is 24.5 Å². The molecule has 25 heavy (non-hydrogen) atoms. The van der Waals surface area contributed by atoms with Gasteiger partial charge in [0.1, 0.15) is 0 Å². The Morgan fingerprint density at radius 2 is 1.52 bits per heavy atom. The Hall–Kier alpha value is -2.69. The third-order valence-electron chi connectivity index (χ3n) is 3.90. The molecule has 0 fully saturated rings. The molecule has 1 unspecified atom stereocenters. The van der Waals surface area contributed by atoms with E-state index in [1.54, 1.807) is 12.4 Å². The van der Waals surface area contributed by atoms with Gasteiger partial charge in [-0.15, -0.1) is 12.4 Å². The van der Waals surface area contributed by atoms with Crippen molar-refractivity contribution in [3.05, 3.63) is 90.3 Å². The summed E-state index contributed by atoms with van der Waals surface area (Å²) in [5.41, 5.74) is 9.54. The van der Waals surface area contributed by atoms with Gasteiger partial charge in [-0.05, 0) is 41.0 Å². The number of hydrogen-bond acceptors (Lipinski definition) is 3. The Bertz CT molecular complexity index is 792. The van der Waals surface area contributed by atoms with E-state index in [4.69, 9.17) is 5.73 Å². The molecule has 3 rings (SSSR count). The van der Waals surface area contributed by atoms with Gasteiger partial charge in [0.05, 0.1) is 6.04 Å². The predicted molar refractivity (Wildman–Crippen MR) is 103 cm³/mol. The summed E-state index contributed by atoms with van der Waals surface area (Å²) in [5.74, 6) is -0.129. The van der Waals surface area contributed by atoms with Gasteiger partial charge in [0.2, 0.25) is 0 Å². The molecule has 2 aromatic carbocycles. The van der Waals surface area contributed by atoms with Crippen LogP contribution >= 0.6 is 12.4 Å². The molecule has 0 aliphatic rings. The lowest BCUT2D eigenvalue weighted by atomic mass is 10.0. The first-order valence-electron chi connectivity index (χ1n) is 7.84. The Balaban J connectivity index is 0.00000225. The minimum Gasteiger partial charge on any atom is -0.344 e. The molecule has 1 aromatic heterocycles. The number of carbonyl (C=O) groups excluding carboxylic acids is 1. The van der Waals surface area contributed by atoms with E-state index in [0.29, 0.717) is 12.1 Å². The molecule has 0 aliphatic heterocycles. The SMILES string of the molecule is Cl.NCC(NC(=O)c1ccc(-c2ccncc2)cc1)c1ccccc1. The largest absolute Gasteiger partial charge is 0.344 e. The molecule has 5 heteroatoms. The summed E-state index contributed by atoms with van der Waals surface area (Å²) in [6, 6.07) is 20.9. The van der Waals surface area contributed by atoms with E-state index in [1.165, 1.54) is 0 Å². The van der Waals surface area contributed by atoms with E-state index < -0.39 is 0 Å². The molecule has 1 heterocycles. The first-order chi connectivity index (χ1) is 11.8. The van der Waals surface area contributed by atoms with Crippen molar-refractivity contribution in [3.63, 3.8) is 0 Å². The molecule has 0 aliphatic carbocycles. The second-order valence-electron chi connectivity index (χ2n) is 5.49. The molecule has 4 nitrogen and oxygen atoms in total. The van der Waals surface area contributed by atoms with Crippen molar-refractivity contribution in [3.8, 4) is 11.1 Å². The van der Waals surface area contributed by atoms with Crippen molar-refractivity contribution in [1.82, 2.24) is 10.3 Å². The molecule has 0 saturated heterocycles. The van der Waals surface area contributed by atoms with Crippen LogP contribution in [0.5, 0.6) is 0 Å². The van der Waals surface area contributed by atoms with Gasteiger partial charge in [-0.3, -0.25) is 9.78 Å². The van der Waals surface area contributed by atoms with E-state index in [0.717, 1.165) is 16.7 Å². The minimum atomic E-state index is -0.196. The topological polar surface area (TPSA) is 68.0 Å². The Kier molecular flexibility index (Phi) is 6.69. The Morgan fingerprint density at radius 1 is 0.920 bits per heavy atom. The standard InChI is InChI=1S/C20H19N3O.ClH/c21-14-19(17-4-2-1-3-5-17)23-20(24)18-8-6-15(7-9-18)16-10-12-22-13-11-16;/h1-13,19H,14,21H2,(H,23,24);1H. The van der Waals surface area contributed by atoms with Crippen molar-refractivity contribution in [1.29, 1.82) is 0 Å². The van der Waals surface area contributed by atoms with Crippen LogP contribution in [-0.4, -0.2) is 17.4 Å². The van der Waals surface area contributed by atoms with Crippen LogP contribution in [0.15, 0.2) is 79.1 Å². The van der Waals surface area contributed by atoms with Crippen LogP contribution < -0.4 is 11.1 Å². The van der Waals surface area contributed by atoms with Gasteiger partial charge in [-0.2, -0.15) is 0 Å². The average molecular weight is 354 g/mol. The number of nitrogens with zero attached hydrogens (tertiary/aromatic N) is 1. The zero-order chi connectivity index (χ0) is 16.8. The zero-order valence-corrected chi connectivity index (χ0v) is 14.4. The van der Waals surface area contributed by atoms with Gasteiger partial charge in [-0.25, -0.2) is 0 Å². The van der Waals surface area contributed by atoms with Crippen molar-refractivity contribution in [2.24, 2.45) is 5.73 Å². The summed E-state index contributed by atoms with van der Waals surface area (Å²) in [4.78, 5) is 16.5. The van der Waals surface area contributed by atoms with Crippen LogP contribution in [0.2, 0.25) is 0 Å². The molecule has 0 saturated carbocycles. The number of pyridine rings is 1. The molecule has 1 atom stereocenters. The van der Waals surface area contributed by atoms with Crippen LogP contribution in [0.1, 0.15) is 22.0 Å². The normalized spacial score (nSPS) is 11.2. The molecule has 128 valence electrons. The van der Waals surface area contributed by atoms with Crippen LogP contribution in [0.4, 0.5) is 0 Å². The summed E-state index contributed by atoms with van der Waals surface area (Å²) in [6.07, 6.45) is 3.50.